The van der Waals surface area contributed by atoms with Crippen molar-refractivity contribution in [3.8, 4) is 5.75 Å². The third kappa shape index (κ3) is 2.56. The van der Waals surface area contributed by atoms with E-state index in [9.17, 15) is 5.11 Å². The summed E-state index contributed by atoms with van der Waals surface area (Å²) in [5.74, 6) is 1.19. The van der Waals surface area contributed by atoms with Gasteiger partial charge in [-0.1, -0.05) is 31.4 Å². The average molecular weight is 220 g/mol. The van der Waals surface area contributed by atoms with E-state index in [1.54, 1.807) is 7.11 Å². The van der Waals surface area contributed by atoms with Crippen LogP contribution in [0.5, 0.6) is 5.75 Å². The second-order valence-corrected chi connectivity index (χ2v) is 4.59. The molecule has 2 rings (SSSR count). The maximum Gasteiger partial charge on any atom is 0.118 e. The number of ether oxygens (including phenoxy) is 1. The third-order valence-electron chi connectivity index (χ3n) is 3.52. The zero-order valence-electron chi connectivity index (χ0n) is 9.86. The van der Waals surface area contributed by atoms with Gasteiger partial charge >= 0.3 is 0 Å². The van der Waals surface area contributed by atoms with Crippen LogP contribution in [-0.2, 0) is 0 Å². The molecule has 0 aromatic heterocycles. The van der Waals surface area contributed by atoms with Crippen molar-refractivity contribution < 1.29 is 9.84 Å². The third-order valence-corrected chi connectivity index (χ3v) is 3.52. The molecule has 0 spiro atoms. The lowest BCUT2D eigenvalue weighted by Gasteiger charge is -2.20. The molecule has 16 heavy (non-hydrogen) atoms. The highest BCUT2D eigenvalue weighted by atomic mass is 16.5. The van der Waals surface area contributed by atoms with Gasteiger partial charge in [-0.3, -0.25) is 0 Å². The van der Waals surface area contributed by atoms with Crippen molar-refractivity contribution in [2.75, 3.05) is 7.11 Å². The Balaban J connectivity index is 2.14. The van der Waals surface area contributed by atoms with Gasteiger partial charge in [0.05, 0.1) is 13.2 Å². The predicted octanol–water partition coefficient (Wildman–Crippen LogP) is 3.10. The molecule has 2 heteroatoms. The van der Waals surface area contributed by atoms with E-state index in [0.717, 1.165) is 25.0 Å². The highest BCUT2D eigenvalue weighted by molar-refractivity contribution is 5.30. The van der Waals surface area contributed by atoms with Gasteiger partial charge in [0.1, 0.15) is 5.75 Å². The van der Waals surface area contributed by atoms with E-state index in [0.29, 0.717) is 5.92 Å². The van der Waals surface area contributed by atoms with Crippen LogP contribution in [0.15, 0.2) is 24.3 Å². The number of aliphatic hydroxyl groups is 1. The molecule has 1 aliphatic carbocycles. The molecule has 1 aromatic carbocycles. The summed E-state index contributed by atoms with van der Waals surface area (Å²) in [6.07, 6.45) is 5.52. The lowest BCUT2D eigenvalue weighted by Crippen LogP contribution is -2.16. The van der Waals surface area contributed by atoms with Crippen LogP contribution in [0.25, 0.3) is 0 Å². The van der Waals surface area contributed by atoms with Gasteiger partial charge in [0.15, 0.2) is 0 Å². The molecule has 0 amide bonds. The van der Waals surface area contributed by atoms with Crippen LogP contribution in [0, 0.1) is 0 Å². The van der Waals surface area contributed by atoms with Gasteiger partial charge in [-0.25, -0.2) is 0 Å². The summed E-state index contributed by atoms with van der Waals surface area (Å²) in [4.78, 5) is 0. The van der Waals surface area contributed by atoms with Gasteiger partial charge in [-0.2, -0.15) is 0 Å². The summed E-state index contributed by atoms with van der Waals surface area (Å²) in [6, 6.07) is 8.12. The molecule has 1 saturated carbocycles. The van der Waals surface area contributed by atoms with Gasteiger partial charge in [-0.05, 0) is 30.5 Å². The van der Waals surface area contributed by atoms with Crippen LogP contribution in [0.1, 0.15) is 43.6 Å². The Morgan fingerprint density at radius 2 is 1.75 bits per heavy atom. The fourth-order valence-electron chi connectivity index (χ4n) is 2.53. The van der Waals surface area contributed by atoms with E-state index in [1.807, 2.05) is 12.1 Å². The first-order chi connectivity index (χ1) is 7.81. The molecule has 88 valence electrons. The Bertz CT molecular complexity index is 318. The summed E-state index contributed by atoms with van der Waals surface area (Å²) in [7, 11) is 1.68. The summed E-state index contributed by atoms with van der Waals surface area (Å²) in [6.45, 7) is 0. The Morgan fingerprint density at radius 3 is 2.44 bits per heavy atom. The van der Waals surface area contributed by atoms with Gasteiger partial charge in [0, 0.05) is 5.92 Å². The first kappa shape index (κ1) is 11.5. The summed E-state index contributed by atoms with van der Waals surface area (Å²) in [5.41, 5.74) is 1.25. The quantitative estimate of drug-likeness (QED) is 0.776. The lowest BCUT2D eigenvalue weighted by atomic mass is 9.89. The van der Waals surface area contributed by atoms with Gasteiger partial charge in [0.25, 0.3) is 0 Å². The van der Waals surface area contributed by atoms with Gasteiger partial charge in [0.2, 0.25) is 0 Å². The molecule has 0 radical (unpaired) electrons. The van der Waals surface area contributed by atoms with Crippen LogP contribution in [0.2, 0.25) is 0 Å². The molecule has 2 unspecified atom stereocenters. The Labute approximate surface area is 97.3 Å². The Morgan fingerprint density at radius 1 is 1.06 bits per heavy atom. The topological polar surface area (TPSA) is 29.5 Å². The smallest absolute Gasteiger partial charge is 0.118 e. The van der Waals surface area contributed by atoms with Crippen LogP contribution in [0.3, 0.4) is 0 Å². The molecule has 2 nitrogen and oxygen atoms in total. The molecule has 1 fully saturated rings. The lowest BCUT2D eigenvalue weighted by molar-refractivity contribution is 0.135. The molecule has 2 atom stereocenters. The molecule has 1 N–H and O–H groups in total. The maximum absolute atomic E-state index is 10.1. The maximum atomic E-state index is 10.1. The summed E-state index contributed by atoms with van der Waals surface area (Å²) in [5, 5.41) is 10.1. The van der Waals surface area contributed by atoms with Crippen LogP contribution in [-0.4, -0.2) is 18.3 Å². The number of hydrogen-bond donors (Lipinski definition) is 1. The molecular formula is C14H20O2. The number of methoxy groups -OCH3 is 1. The van der Waals surface area contributed by atoms with Crippen LogP contribution in [0.4, 0.5) is 0 Å². The van der Waals surface area contributed by atoms with Crippen molar-refractivity contribution in [1.82, 2.24) is 0 Å². The van der Waals surface area contributed by atoms with E-state index in [4.69, 9.17) is 4.74 Å². The van der Waals surface area contributed by atoms with Crippen molar-refractivity contribution in [2.45, 2.75) is 44.1 Å². The molecular weight excluding hydrogens is 200 g/mol. The number of aliphatic hydroxyl groups excluding tert-OH is 1. The second-order valence-electron chi connectivity index (χ2n) is 4.59. The van der Waals surface area contributed by atoms with Crippen LogP contribution >= 0.6 is 0 Å². The highest BCUT2D eigenvalue weighted by Gasteiger charge is 2.22. The average Bonchev–Trinajstić information content (AvgIpc) is 2.54. The van der Waals surface area contributed by atoms with E-state index in [2.05, 4.69) is 12.1 Å². The molecule has 1 aliphatic rings. The highest BCUT2D eigenvalue weighted by Crippen LogP contribution is 2.32. The molecule has 0 heterocycles. The minimum atomic E-state index is -0.170. The number of hydrogen-bond acceptors (Lipinski definition) is 2. The van der Waals surface area contributed by atoms with E-state index in [-0.39, 0.29) is 6.10 Å². The molecule has 0 aliphatic heterocycles. The standard InChI is InChI=1S/C14H20O2/c1-16-12-9-7-11(8-10-12)13-5-3-2-4-6-14(13)15/h7-10,13-15H,2-6H2,1H3. The van der Waals surface area contributed by atoms with E-state index >= 15 is 0 Å². The SMILES string of the molecule is COc1ccc(C2CCCCCC2O)cc1. The largest absolute Gasteiger partial charge is 0.497 e. The monoisotopic (exact) mass is 220 g/mol. The summed E-state index contributed by atoms with van der Waals surface area (Å²) >= 11 is 0. The first-order valence-corrected chi connectivity index (χ1v) is 6.13. The molecule has 0 saturated heterocycles. The predicted molar refractivity (Wildman–Crippen MR) is 64.8 cm³/mol. The van der Waals surface area contributed by atoms with E-state index < -0.39 is 0 Å². The minimum Gasteiger partial charge on any atom is -0.497 e. The second kappa shape index (κ2) is 5.35. The Kier molecular flexibility index (Phi) is 3.83. The summed E-state index contributed by atoms with van der Waals surface area (Å²) < 4.78 is 5.15. The minimum absolute atomic E-state index is 0.170. The van der Waals surface area contributed by atoms with Crippen molar-refractivity contribution in [3.05, 3.63) is 29.8 Å². The van der Waals surface area contributed by atoms with Crippen molar-refractivity contribution in [3.63, 3.8) is 0 Å². The molecule has 1 aromatic rings. The number of rotatable bonds is 2. The zero-order chi connectivity index (χ0) is 11.4. The van der Waals surface area contributed by atoms with Crippen molar-refractivity contribution >= 4 is 0 Å². The Hall–Kier alpha value is -1.02. The number of benzene rings is 1. The van der Waals surface area contributed by atoms with E-state index in [1.165, 1.54) is 18.4 Å². The zero-order valence-corrected chi connectivity index (χ0v) is 9.86. The first-order valence-electron chi connectivity index (χ1n) is 6.13. The fourth-order valence-corrected chi connectivity index (χ4v) is 2.53. The molecule has 0 bridgehead atoms. The van der Waals surface area contributed by atoms with Gasteiger partial charge in [-0.15, -0.1) is 0 Å². The van der Waals surface area contributed by atoms with Crippen LogP contribution < -0.4 is 4.74 Å². The normalized spacial score (nSPS) is 26.1. The van der Waals surface area contributed by atoms with Crippen molar-refractivity contribution in [1.29, 1.82) is 0 Å². The van der Waals surface area contributed by atoms with Crippen molar-refractivity contribution in [2.24, 2.45) is 0 Å². The van der Waals surface area contributed by atoms with Gasteiger partial charge < -0.3 is 9.84 Å². The fraction of sp³-hybridized carbons (Fsp3) is 0.571.